The van der Waals surface area contributed by atoms with Crippen molar-refractivity contribution in [1.29, 1.82) is 0 Å². The fraction of sp³-hybridized carbons (Fsp3) is 0.588. The summed E-state index contributed by atoms with van der Waals surface area (Å²) in [6.45, 7) is 2.77. The third kappa shape index (κ3) is 4.25. The molecular formula is C17H23NO4S. The smallest absolute Gasteiger partial charge is 0.309 e. The molecule has 23 heavy (non-hydrogen) atoms. The van der Waals surface area contributed by atoms with Crippen LogP contribution in [0, 0.1) is 11.8 Å². The predicted octanol–water partition coefficient (Wildman–Crippen LogP) is 3.16. The van der Waals surface area contributed by atoms with Crippen molar-refractivity contribution in [3.05, 3.63) is 24.3 Å². The predicted molar refractivity (Wildman–Crippen MR) is 89.4 cm³/mol. The minimum atomic E-state index is -2.02. The summed E-state index contributed by atoms with van der Waals surface area (Å²) in [5, 5.41) is 0. The van der Waals surface area contributed by atoms with Crippen LogP contribution in [0.3, 0.4) is 0 Å². The van der Waals surface area contributed by atoms with E-state index in [4.69, 9.17) is 9.47 Å². The number of hydrogen-bond donors (Lipinski definition) is 0. The summed E-state index contributed by atoms with van der Waals surface area (Å²) >= 11 is 0. The Morgan fingerprint density at radius 1 is 1.26 bits per heavy atom. The van der Waals surface area contributed by atoms with Gasteiger partial charge in [0.1, 0.15) is 5.75 Å². The standard InChI is InChI=1S/C17H23NO4S/c1-2-21-17(19)16-11-13(16)12-22-15-7-5-14(6-8-15)18-23(20)9-3-4-10-23/h5-8,13,16H,2-4,9-12H2,1H3/t13-,16+/m0/s1. The molecule has 0 radical (unpaired) electrons. The van der Waals surface area contributed by atoms with Gasteiger partial charge in [-0.3, -0.25) is 4.79 Å². The zero-order valence-electron chi connectivity index (χ0n) is 13.4. The zero-order valence-corrected chi connectivity index (χ0v) is 14.2. The normalized spacial score (nSPS) is 24.9. The largest absolute Gasteiger partial charge is 0.493 e. The topological polar surface area (TPSA) is 65.0 Å². The molecule has 1 saturated heterocycles. The molecule has 1 aromatic rings. The van der Waals surface area contributed by atoms with Crippen LogP contribution in [0.4, 0.5) is 5.69 Å². The summed E-state index contributed by atoms with van der Waals surface area (Å²) in [7, 11) is -2.02. The van der Waals surface area contributed by atoms with Crippen LogP contribution in [0.5, 0.6) is 5.75 Å². The lowest BCUT2D eigenvalue weighted by molar-refractivity contribution is -0.145. The molecule has 1 aliphatic carbocycles. The molecule has 0 bridgehead atoms. The quantitative estimate of drug-likeness (QED) is 0.748. The molecule has 0 amide bonds. The molecule has 1 heterocycles. The minimum Gasteiger partial charge on any atom is -0.493 e. The van der Waals surface area contributed by atoms with Crippen molar-refractivity contribution in [2.45, 2.75) is 26.2 Å². The van der Waals surface area contributed by atoms with Gasteiger partial charge >= 0.3 is 5.97 Å². The van der Waals surface area contributed by atoms with Gasteiger partial charge in [-0.15, -0.1) is 0 Å². The van der Waals surface area contributed by atoms with Gasteiger partial charge in [0.15, 0.2) is 0 Å². The van der Waals surface area contributed by atoms with Crippen molar-refractivity contribution < 1.29 is 18.5 Å². The molecule has 0 aromatic heterocycles. The highest BCUT2D eigenvalue weighted by atomic mass is 32.2. The van der Waals surface area contributed by atoms with Gasteiger partial charge in [0.05, 0.1) is 34.5 Å². The van der Waals surface area contributed by atoms with Gasteiger partial charge in [0.25, 0.3) is 0 Å². The van der Waals surface area contributed by atoms with E-state index < -0.39 is 9.73 Å². The molecule has 0 N–H and O–H groups in total. The first-order valence-electron chi connectivity index (χ1n) is 8.22. The highest BCUT2D eigenvalue weighted by Gasteiger charge is 2.44. The van der Waals surface area contributed by atoms with E-state index in [-0.39, 0.29) is 17.8 Å². The van der Waals surface area contributed by atoms with Crippen LogP contribution in [0.1, 0.15) is 26.2 Å². The summed E-state index contributed by atoms with van der Waals surface area (Å²) in [6.07, 6.45) is 2.85. The van der Waals surface area contributed by atoms with Crippen LogP contribution < -0.4 is 4.74 Å². The Labute approximate surface area is 137 Å². The van der Waals surface area contributed by atoms with E-state index in [0.717, 1.165) is 30.7 Å². The summed E-state index contributed by atoms with van der Waals surface area (Å²) in [5.74, 6) is 2.31. The fourth-order valence-corrected chi connectivity index (χ4v) is 5.02. The van der Waals surface area contributed by atoms with E-state index in [2.05, 4.69) is 4.36 Å². The molecule has 2 aliphatic rings. The van der Waals surface area contributed by atoms with Crippen LogP contribution in [0.2, 0.25) is 0 Å². The number of benzene rings is 1. The maximum atomic E-state index is 12.4. The first-order chi connectivity index (χ1) is 11.1. The number of carbonyl (C=O) groups excluding carboxylic acids is 1. The second-order valence-electron chi connectivity index (χ2n) is 6.14. The first-order valence-corrected chi connectivity index (χ1v) is 10.1. The highest BCUT2D eigenvalue weighted by Crippen LogP contribution is 2.39. The average molecular weight is 337 g/mol. The van der Waals surface area contributed by atoms with Gasteiger partial charge < -0.3 is 9.47 Å². The van der Waals surface area contributed by atoms with E-state index in [9.17, 15) is 9.00 Å². The molecule has 6 heteroatoms. The number of esters is 1. The molecule has 1 aromatic carbocycles. The number of hydrogen-bond acceptors (Lipinski definition) is 5. The van der Waals surface area contributed by atoms with Crippen LogP contribution >= 0.6 is 0 Å². The van der Waals surface area contributed by atoms with Gasteiger partial charge in [-0.2, -0.15) is 4.36 Å². The number of carbonyl (C=O) groups is 1. The monoisotopic (exact) mass is 337 g/mol. The van der Waals surface area contributed by atoms with Crippen molar-refractivity contribution in [2.75, 3.05) is 24.7 Å². The van der Waals surface area contributed by atoms with Gasteiger partial charge in [-0.25, -0.2) is 4.21 Å². The molecule has 2 fully saturated rings. The van der Waals surface area contributed by atoms with Crippen molar-refractivity contribution >= 4 is 21.4 Å². The molecule has 2 atom stereocenters. The summed E-state index contributed by atoms with van der Waals surface area (Å²) in [6, 6.07) is 7.38. The van der Waals surface area contributed by atoms with Crippen LogP contribution in [-0.2, 0) is 19.3 Å². The Morgan fingerprint density at radius 3 is 2.61 bits per heavy atom. The lowest BCUT2D eigenvalue weighted by Gasteiger charge is -2.06. The SMILES string of the molecule is CCOC(=O)[C@@H]1C[C@H]1COc1ccc(N=S2(=O)CCCC2)cc1. The van der Waals surface area contributed by atoms with Gasteiger partial charge in [0, 0.05) is 17.4 Å². The van der Waals surface area contributed by atoms with Gasteiger partial charge in [-0.1, -0.05) is 0 Å². The minimum absolute atomic E-state index is 0.00416. The molecular weight excluding hydrogens is 314 g/mol. The Morgan fingerprint density at radius 2 is 1.96 bits per heavy atom. The molecule has 0 spiro atoms. The summed E-state index contributed by atoms with van der Waals surface area (Å²) < 4.78 is 27.5. The Kier molecular flexibility index (Phi) is 4.90. The maximum absolute atomic E-state index is 12.4. The zero-order chi connectivity index (χ0) is 16.3. The molecule has 3 rings (SSSR count). The molecule has 126 valence electrons. The fourth-order valence-electron chi connectivity index (χ4n) is 2.82. The number of nitrogens with zero attached hydrogens (tertiary/aromatic N) is 1. The number of rotatable bonds is 6. The molecule has 1 saturated carbocycles. The van der Waals surface area contributed by atoms with Crippen LogP contribution in [0.25, 0.3) is 0 Å². The van der Waals surface area contributed by atoms with E-state index in [1.165, 1.54) is 0 Å². The Balaban J connectivity index is 1.51. The van der Waals surface area contributed by atoms with E-state index in [0.29, 0.717) is 24.7 Å². The van der Waals surface area contributed by atoms with E-state index >= 15 is 0 Å². The first kappa shape index (κ1) is 16.3. The molecule has 1 aliphatic heterocycles. The van der Waals surface area contributed by atoms with Crippen molar-refractivity contribution in [3.8, 4) is 5.75 Å². The average Bonchev–Trinajstić information content (AvgIpc) is 3.20. The third-order valence-electron chi connectivity index (χ3n) is 4.26. The summed E-state index contributed by atoms with van der Waals surface area (Å²) in [5.41, 5.74) is 0.750. The van der Waals surface area contributed by atoms with Gasteiger partial charge in [-0.05, 0) is 50.5 Å². The summed E-state index contributed by atoms with van der Waals surface area (Å²) in [4.78, 5) is 11.5. The van der Waals surface area contributed by atoms with Gasteiger partial charge in [0.2, 0.25) is 0 Å². The van der Waals surface area contributed by atoms with Crippen LogP contribution in [0.15, 0.2) is 28.6 Å². The third-order valence-corrected chi connectivity index (χ3v) is 6.66. The van der Waals surface area contributed by atoms with Crippen molar-refractivity contribution in [3.63, 3.8) is 0 Å². The second kappa shape index (κ2) is 6.91. The highest BCUT2D eigenvalue weighted by molar-refractivity contribution is 7.93. The lowest BCUT2D eigenvalue weighted by Crippen LogP contribution is -2.10. The lowest BCUT2D eigenvalue weighted by atomic mass is 10.3. The van der Waals surface area contributed by atoms with Crippen molar-refractivity contribution in [2.24, 2.45) is 16.2 Å². The second-order valence-corrected chi connectivity index (χ2v) is 8.68. The Hall–Kier alpha value is -1.56. The van der Waals surface area contributed by atoms with Crippen LogP contribution in [-0.4, -0.2) is 34.9 Å². The molecule has 0 unspecified atom stereocenters. The Bertz CT molecular complexity index is 664. The van der Waals surface area contributed by atoms with E-state index in [1.807, 2.05) is 31.2 Å². The van der Waals surface area contributed by atoms with Crippen molar-refractivity contribution in [1.82, 2.24) is 0 Å². The van der Waals surface area contributed by atoms with E-state index in [1.54, 1.807) is 0 Å². The molecule has 5 nitrogen and oxygen atoms in total. The maximum Gasteiger partial charge on any atom is 0.309 e. The number of ether oxygens (including phenoxy) is 2.